The van der Waals surface area contributed by atoms with Gasteiger partial charge in [0, 0.05) is 37.6 Å². The van der Waals surface area contributed by atoms with Crippen molar-refractivity contribution >= 4 is 21.4 Å². The van der Waals surface area contributed by atoms with Crippen LogP contribution in [0, 0.1) is 13.8 Å². The number of nitrogens with zero attached hydrogens (tertiary/aromatic N) is 3. The minimum atomic E-state index is -2.99. The van der Waals surface area contributed by atoms with Crippen LogP contribution in [-0.4, -0.2) is 54.0 Å². The molecule has 0 N–H and O–H groups in total. The molecule has 7 heteroatoms. The van der Waals surface area contributed by atoms with E-state index >= 15 is 0 Å². The maximum absolute atomic E-state index is 12.2. The number of aryl methyl sites for hydroxylation is 2. The molecule has 0 atom stereocenters. The zero-order chi connectivity index (χ0) is 14.3. The maximum atomic E-state index is 12.2. The van der Waals surface area contributed by atoms with Crippen molar-refractivity contribution in [1.29, 1.82) is 0 Å². The predicted molar refractivity (Wildman–Crippen MR) is 80.4 cm³/mol. The molecule has 1 aromatic heterocycles. The van der Waals surface area contributed by atoms with Crippen molar-refractivity contribution in [2.75, 3.05) is 26.2 Å². The molecule has 20 heavy (non-hydrogen) atoms. The van der Waals surface area contributed by atoms with E-state index in [-0.39, 0.29) is 5.25 Å². The molecule has 2 fully saturated rings. The van der Waals surface area contributed by atoms with E-state index in [1.807, 2.05) is 13.8 Å². The molecule has 0 unspecified atom stereocenters. The summed E-state index contributed by atoms with van der Waals surface area (Å²) in [6.45, 7) is 7.89. The first-order valence-electron chi connectivity index (χ1n) is 7.11. The Morgan fingerprint density at radius 3 is 2.35 bits per heavy atom. The molecule has 0 aromatic carbocycles. The third kappa shape index (κ3) is 2.90. The molecule has 1 saturated heterocycles. The first kappa shape index (κ1) is 14.4. The average Bonchev–Trinajstić information content (AvgIpc) is 3.19. The summed E-state index contributed by atoms with van der Waals surface area (Å²) in [5.74, 6) is 0. The first-order valence-corrected chi connectivity index (χ1v) is 9.43. The average molecular weight is 315 g/mol. The van der Waals surface area contributed by atoms with Gasteiger partial charge in [-0.15, -0.1) is 11.3 Å². The molecule has 3 rings (SSSR count). The van der Waals surface area contributed by atoms with Gasteiger partial charge in [-0.25, -0.2) is 13.4 Å². The van der Waals surface area contributed by atoms with E-state index in [0.717, 1.165) is 43.2 Å². The fraction of sp³-hybridized carbons (Fsp3) is 0.769. The second-order valence-electron chi connectivity index (χ2n) is 5.66. The number of hydrogen-bond acceptors (Lipinski definition) is 5. The normalized spacial score (nSPS) is 22.3. The third-order valence-electron chi connectivity index (χ3n) is 4.00. The Hall–Kier alpha value is -0.500. The Morgan fingerprint density at radius 1 is 1.20 bits per heavy atom. The van der Waals surface area contributed by atoms with E-state index in [1.165, 1.54) is 4.88 Å². The summed E-state index contributed by atoms with van der Waals surface area (Å²) in [5.41, 5.74) is 1.11. The quantitative estimate of drug-likeness (QED) is 0.842. The van der Waals surface area contributed by atoms with Crippen LogP contribution < -0.4 is 0 Å². The second kappa shape index (κ2) is 5.36. The van der Waals surface area contributed by atoms with Gasteiger partial charge >= 0.3 is 0 Å². The molecular weight excluding hydrogens is 294 g/mol. The van der Waals surface area contributed by atoms with Crippen molar-refractivity contribution in [2.45, 2.75) is 38.5 Å². The number of rotatable bonds is 4. The fourth-order valence-corrected chi connectivity index (χ4v) is 5.45. The number of sulfonamides is 1. The number of aromatic nitrogens is 1. The van der Waals surface area contributed by atoms with Crippen molar-refractivity contribution in [1.82, 2.24) is 14.2 Å². The van der Waals surface area contributed by atoms with Gasteiger partial charge in [0.25, 0.3) is 0 Å². The molecule has 0 radical (unpaired) electrons. The lowest BCUT2D eigenvalue weighted by Gasteiger charge is -2.33. The van der Waals surface area contributed by atoms with Crippen LogP contribution in [0.15, 0.2) is 0 Å². The zero-order valence-corrected chi connectivity index (χ0v) is 13.6. The van der Waals surface area contributed by atoms with Crippen molar-refractivity contribution in [3.05, 3.63) is 15.6 Å². The van der Waals surface area contributed by atoms with Gasteiger partial charge in [0.1, 0.15) is 0 Å². The monoisotopic (exact) mass is 315 g/mol. The summed E-state index contributed by atoms with van der Waals surface area (Å²) in [4.78, 5) is 8.09. The first-order chi connectivity index (χ1) is 9.46. The Bertz CT molecular complexity index is 585. The highest BCUT2D eigenvalue weighted by molar-refractivity contribution is 7.90. The van der Waals surface area contributed by atoms with E-state index < -0.39 is 10.0 Å². The Labute approximate surface area is 124 Å². The van der Waals surface area contributed by atoms with Gasteiger partial charge in [-0.05, 0) is 26.7 Å². The SMILES string of the molecule is Cc1nc(C)c(CN2CCN(S(=O)(=O)C3CC3)CC2)s1. The molecule has 1 aliphatic carbocycles. The molecule has 0 amide bonds. The lowest BCUT2D eigenvalue weighted by Crippen LogP contribution is -2.49. The van der Waals surface area contributed by atoms with E-state index in [2.05, 4.69) is 9.88 Å². The van der Waals surface area contributed by atoms with Gasteiger partial charge in [0.15, 0.2) is 0 Å². The van der Waals surface area contributed by atoms with Gasteiger partial charge in [-0.3, -0.25) is 4.90 Å². The summed E-state index contributed by atoms with van der Waals surface area (Å²) in [7, 11) is -2.99. The molecule has 2 aliphatic rings. The summed E-state index contributed by atoms with van der Waals surface area (Å²) in [6, 6.07) is 0. The largest absolute Gasteiger partial charge is 0.296 e. The molecule has 1 aliphatic heterocycles. The highest BCUT2D eigenvalue weighted by Gasteiger charge is 2.40. The molecule has 5 nitrogen and oxygen atoms in total. The standard InChI is InChI=1S/C13H21N3O2S2/c1-10-13(19-11(2)14-10)9-15-5-7-16(8-6-15)20(17,18)12-3-4-12/h12H,3-9H2,1-2H3. The number of piperazine rings is 1. The van der Waals surface area contributed by atoms with E-state index in [0.29, 0.717) is 13.1 Å². The second-order valence-corrected chi connectivity index (χ2v) is 9.16. The van der Waals surface area contributed by atoms with Crippen LogP contribution >= 0.6 is 11.3 Å². The highest BCUT2D eigenvalue weighted by atomic mass is 32.2. The Balaban J connectivity index is 1.57. The van der Waals surface area contributed by atoms with Gasteiger partial charge in [0.05, 0.1) is 16.0 Å². The van der Waals surface area contributed by atoms with Gasteiger partial charge < -0.3 is 0 Å². The topological polar surface area (TPSA) is 53.5 Å². The summed E-state index contributed by atoms with van der Waals surface area (Å²) in [5, 5.41) is 1.02. The molecule has 1 saturated carbocycles. The molecular formula is C13H21N3O2S2. The zero-order valence-electron chi connectivity index (χ0n) is 12.0. The van der Waals surface area contributed by atoms with E-state index in [1.54, 1.807) is 15.6 Å². The van der Waals surface area contributed by atoms with E-state index in [9.17, 15) is 8.42 Å². The minimum absolute atomic E-state index is 0.0829. The number of hydrogen-bond donors (Lipinski definition) is 0. The van der Waals surface area contributed by atoms with E-state index in [4.69, 9.17) is 0 Å². The van der Waals surface area contributed by atoms with Crippen LogP contribution in [0.4, 0.5) is 0 Å². The van der Waals surface area contributed by atoms with Crippen LogP contribution in [0.1, 0.15) is 28.4 Å². The van der Waals surface area contributed by atoms with Gasteiger partial charge in [0.2, 0.25) is 10.0 Å². The van der Waals surface area contributed by atoms with Crippen LogP contribution in [0.5, 0.6) is 0 Å². The van der Waals surface area contributed by atoms with Crippen LogP contribution in [0.25, 0.3) is 0 Å². The Morgan fingerprint density at radius 2 is 1.85 bits per heavy atom. The van der Waals surface area contributed by atoms with Crippen molar-refractivity contribution in [3.8, 4) is 0 Å². The summed E-state index contributed by atoms with van der Waals surface area (Å²) in [6.07, 6.45) is 1.70. The summed E-state index contributed by atoms with van der Waals surface area (Å²) >= 11 is 1.74. The molecule has 0 bridgehead atoms. The molecule has 112 valence electrons. The van der Waals surface area contributed by atoms with Crippen molar-refractivity contribution in [3.63, 3.8) is 0 Å². The third-order valence-corrected chi connectivity index (χ3v) is 7.46. The lowest BCUT2D eigenvalue weighted by atomic mass is 10.3. The molecule has 1 aromatic rings. The minimum Gasteiger partial charge on any atom is -0.296 e. The summed E-state index contributed by atoms with van der Waals surface area (Å²) < 4.78 is 26.0. The predicted octanol–water partition coefficient (Wildman–Crippen LogP) is 1.37. The maximum Gasteiger partial charge on any atom is 0.217 e. The van der Waals surface area contributed by atoms with Gasteiger partial charge in [-0.2, -0.15) is 4.31 Å². The molecule has 2 heterocycles. The van der Waals surface area contributed by atoms with Crippen LogP contribution in [0.2, 0.25) is 0 Å². The van der Waals surface area contributed by atoms with Crippen LogP contribution in [0.3, 0.4) is 0 Å². The van der Waals surface area contributed by atoms with Gasteiger partial charge in [-0.1, -0.05) is 0 Å². The van der Waals surface area contributed by atoms with Crippen molar-refractivity contribution in [2.24, 2.45) is 0 Å². The van der Waals surface area contributed by atoms with Crippen LogP contribution in [-0.2, 0) is 16.6 Å². The lowest BCUT2D eigenvalue weighted by molar-refractivity contribution is 0.182. The molecule has 0 spiro atoms. The van der Waals surface area contributed by atoms with Crippen molar-refractivity contribution < 1.29 is 8.42 Å². The smallest absolute Gasteiger partial charge is 0.217 e. The number of thiazole rings is 1. The highest BCUT2D eigenvalue weighted by Crippen LogP contribution is 2.31. The Kier molecular flexibility index (Phi) is 3.87. The fourth-order valence-electron chi connectivity index (χ4n) is 2.64.